The molecule has 0 radical (unpaired) electrons. The highest BCUT2D eigenvalue weighted by Gasteiger charge is 2.40. The van der Waals surface area contributed by atoms with Gasteiger partial charge < -0.3 is 14.4 Å². The van der Waals surface area contributed by atoms with E-state index in [1.54, 1.807) is 0 Å². The number of hydrogen-bond acceptors (Lipinski definition) is 3. The van der Waals surface area contributed by atoms with Crippen molar-refractivity contribution in [2.24, 2.45) is 0 Å². The third-order valence-electron chi connectivity index (χ3n) is 7.12. The van der Waals surface area contributed by atoms with Gasteiger partial charge in [0.25, 0.3) is 0 Å². The van der Waals surface area contributed by atoms with Gasteiger partial charge in [0, 0.05) is 30.4 Å². The van der Waals surface area contributed by atoms with Crippen LogP contribution in [0.1, 0.15) is 81.5 Å². The lowest BCUT2D eigenvalue weighted by Gasteiger charge is -2.43. The number of carbonyl (C=O) groups is 1. The molecule has 1 aliphatic heterocycles. The smallest absolute Gasteiger partial charge is 0.410 e. The number of amides is 1. The maximum absolute atomic E-state index is 12.8. The zero-order chi connectivity index (χ0) is 26.0. The molecule has 1 aliphatic rings. The molecule has 0 unspecified atom stereocenters. The molecule has 36 heavy (non-hydrogen) atoms. The number of halogens is 1. The second kappa shape index (κ2) is 13.6. The summed E-state index contributed by atoms with van der Waals surface area (Å²) in [7, 11) is 0. The maximum Gasteiger partial charge on any atom is 0.410 e. The highest BCUT2D eigenvalue weighted by atomic mass is 79.9. The van der Waals surface area contributed by atoms with Crippen LogP contribution in [0.2, 0.25) is 0 Å². The van der Waals surface area contributed by atoms with E-state index < -0.39 is 5.60 Å². The molecule has 5 heteroatoms. The molecule has 0 saturated carbocycles. The van der Waals surface area contributed by atoms with Gasteiger partial charge in [-0.1, -0.05) is 77.3 Å². The quantitative estimate of drug-likeness (QED) is 0.208. The van der Waals surface area contributed by atoms with Gasteiger partial charge in [-0.05, 0) is 82.1 Å². The molecular formula is C31H44BrNO3. The van der Waals surface area contributed by atoms with E-state index in [4.69, 9.17) is 9.47 Å². The Labute approximate surface area is 226 Å². The SMILES string of the molecule is Cc1ccc(CCOCCCCCCBr)cc1C1(c2ccccc2)CCN(C(=O)OC(C)(C)C)CC1. The summed E-state index contributed by atoms with van der Waals surface area (Å²) in [5, 5.41) is 1.09. The van der Waals surface area contributed by atoms with Crippen molar-refractivity contribution in [2.45, 2.75) is 83.7 Å². The molecule has 2 aromatic rings. The number of carbonyl (C=O) groups excluding carboxylic acids is 1. The van der Waals surface area contributed by atoms with Crippen LogP contribution < -0.4 is 0 Å². The van der Waals surface area contributed by atoms with Crippen molar-refractivity contribution in [3.05, 3.63) is 70.8 Å². The van der Waals surface area contributed by atoms with E-state index in [-0.39, 0.29) is 11.5 Å². The number of alkyl halides is 1. The lowest BCUT2D eigenvalue weighted by molar-refractivity contribution is 0.0180. The Morgan fingerprint density at radius 3 is 2.33 bits per heavy atom. The molecule has 4 nitrogen and oxygen atoms in total. The summed E-state index contributed by atoms with van der Waals surface area (Å²) in [6.45, 7) is 11.0. The van der Waals surface area contributed by atoms with Gasteiger partial charge >= 0.3 is 6.09 Å². The molecule has 0 aliphatic carbocycles. The number of nitrogens with zero attached hydrogens (tertiary/aromatic N) is 1. The number of aryl methyl sites for hydroxylation is 1. The van der Waals surface area contributed by atoms with E-state index in [2.05, 4.69) is 71.4 Å². The third kappa shape index (κ3) is 8.08. The Hall–Kier alpha value is -1.85. The molecule has 0 bridgehead atoms. The van der Waals surface area contributed by atoms with Crippen molar-refractivity contribution in [1.29, 1.82) is 0 Å². The third-order valence-corrected chi connectivity index (χ3v) is 7.68. The van der Waals surface area contributed by atoms with Gasteiger partial charge in [0.15, 0.2) is 0 Å². The van der Waals surface area contributed by atoms with Crippen LogP contribution in [-0.4, -0.2) is 48.2 Å². The number of unbranched alkanes of at least 4 members (excludes halogenated alkanes) is 3. The van der Waals surface area contributed by atoms with E-state index in [0.717, 1.165) is 44.2 Å². The van der Waals surface area contributed by atoms with Gasteiger partial charge in [-0.15, -0.1) is 0 Å². The van der Waals surface area contributed by atoms with Crippen LogP contribution in [0, 0.1) is 6.92 Å². The summed E-state index contributed by atoms with van der Waals surface area (Å²) < 4.78 is 11.6. The van der Waals surface area contributed by atoms with Crippen molar-refractivity contribution in [2.75, 3.05) is 31.6 Å². The highest BCUT2D eigenvalue weighted by Crippen LogP contribution is 2.43. The average molecular weight is 559 g/mol. The molecular weight excluding hydrogens is 514 g/mol. The van der Waals surface area contributed by atoms with Crippen LogP contribution in [0.15, 0.2) is 48.5 Å². The van der Waals surface area contributed by atoms with E-state index in [0.29, 0.717) is 13.1 Å². The van der Waals surface area contributed by atoms with Crippen LogP contribution in [0.5, 0.6) is 0 Å². The van der Waals surface area contributed by atoms with Crippen LogP contribution in [0.3, 0.4) is 0 Å². The molecule has 2 aromatic carbocycles. The summed E-state index contributed by atoms with van der Waals surface area (Å²) in [5.41, 5.74) is 4.74. The molecule has 0 atom stereocenters. The van der Waals surface area contributed by atoms with Gasteiger partial charge in [0.1, 0.15) is 5.60 Å². The Morgan fingerprint density at radius 2 is 1.67 bits per heavy atom. The molecule has 1 amide bonds. The average Bonchev–Trinajstić information content (AvgIpc) is 2.86. The molecule has 198 valence electrons. The summed E-state index contributed by atoms with van der Waals surface area (Å²) in [4.78, 5) is 14.6. The topological polar surface area (TPSA) is 38.8 Å². The molecule has 1 fully saturated rings. The molecule has 3 rings (SSSR count). The zero-order valence-electron chi connectivity index (χ0n) is 22.7. The van der Waals surface area contributed by atoms with E-state index >= 15 is 0 Å². The number of ether oxygens (including phenoxy) is 2. The first kappa shape index (κ1) is 28.7. The number of likely N-dealkylation sites (tertiary alicyclic amines) is 1. The van der Waals surface area contributed by atoms with Gasteiger partial charge in [-0.2, -0.15) is 0 Å². The monoisotopic (exact) mass is 557 g/mol. The molecule has 0 N–H and O–H groups in total. The fourth-order valence-electron chi connectivity index (χ4n) is 5.15. The van der Waals surface area contributed by atoms with Gasteiger partial charge in [-0.25, -0.2) is 4.79 Å². The first-order valence-corrected chi connectivity index (χ1v) is 14.6. The minimum Gasteiger partial charge on any atom is -0.444 e. The van der Waals surface area contributed by atoms with Crippen molar-refractivity contribution in [1.82, 2.24) is 4.90 Å². The second-order valence-electron chi connectivity index (χ2n) is 11.0. The predicted molar refractivity (Wildman–Crippen MR) is 152 cm³/mol. The van der Waals surface area contributed by atoms with Crippen LogP contribution in [-0.2, 0) is 21.3 Å². The lowest BCUT2D eigenvalue weighted by atomic mass is 9.66. The number of rotatable bonds is 11. The van der Waals surface area contributed by atoms with Crippen LogP contribution in [0.25, 0.3) is 0 Å². The number of hydrogen-bond donors (Lipinski definition) is 0. The summed E-state index contributed by atoms with van der Waals surface area (Å²) in [6, 6.07) is 17.7. The van der Waals surface area contributed by atoms with E-state index in [9.17, 15) is 4.79 Å². The largest absolute Gasteiger partial charge is 0.444 e. The molecule has 1 saturated heterocycles. The summed E-state index contributed by atoms with van der Waals surface area (Å²) in [5.74, 6) is 0. The van der Waals surface area contributed by atoms with E-state index in [1.807, 2.05) is 25.7 Å². The summed E-state index contributed by atoms with van der Waals surface area (Å²) >= 11 is 3.49. The minimum atomic E-state index is -0.480. The lowest BCUT2D eigenvalue weighted by Crippen LogP contribution is -2.47. The van der Waals surface area contributed by atoms with Crippen LogP contribution in [0.4, 0.5) is 4.79 Å². The second-order valence-corrected chi connectivity index (χ2v) is 11.8. The van der Waals surface area contributed by atoms with E-state index in [1.165, 1.54) is 41.5 Å². The van der Waals surface area contributed by atoms with Crippen molar-refractivity contribution < 1.29 is 14.3 Å². The highest BCUT2D eigenvalue weighted by molar-refractivity contribution is 9.09. The summed E-state index contributed by atoms with van der Waals surface area (Å²) in [6.07, 6.45) is 7.35. The number of piperidine rings is 1. The predicted octanol–water partition coefficient (Wildman–Crippen LogP) is 7.83. The van der Waals surface area contributed by atoms with Gasteiger partial charge in [0.05, 0.1) is 6.61 Å². The van der Waals surface area contributed by atoms with Crippen molar-refractivity contribution >= 4 is 22.0 Å². The standard InChI is InChI=1S/C31H44BrNO3/c1-25-14-15-26(16-23-35-22-11-6-5-10-19-32)24-28(25)31(27-12-8-7-9-13-27)17-20-33(21-18-31)29(34)36-30(2,3)4/h7-9,12-15,24H,5-6,10-11,16-23H2,1-4H3. The Bertz CT molecular complexity index is 946. The Kier molecular flexibility index (Phi) is 10.9. The number of benzene rings is 2. The molecule has 1 heterocycles. The van der Waals surface area contributed by atoms with Crippen LogP contribution >= 0.6 is 15.9 Å². The fraction of sp³-hybridized carbons (Fsp3) is 0.581. The Balaban J connectivity index is 1.72. The Morgan fingerprint density at radius 1 is 0.972 bits per heavy atom. The first-order chi connectivity index (χ1) is 17.2. The van der Waals surface area contributed by atoms with Gasteiger partial charge in [-0.3, -0.25) is 0 Å². The van der Waals surface area contributed by atoms with Gasteiger partial charge in [0.2, 0.25) is 0 Å². The maximum atomic E-state index is 12.8. The van der Waals surface area contributed by atoms with Crippen molar-refractivity contribution in [3.63, 3.8) is 0 Å². The molecule has 0 aromatic heterocycles. The fourth-order valence-corrected chi connectivity index (χ4v) is 5.55. The minimum absolute atomic E-state index is 0.115. The van der Waals surface area contributed by atoms with Crippen molar-refractivity contribution in [3.8, 4) is 0 Å². The first-order valence-electron chi connectivity index (χ1n) is 13.5. The molecule has 0 spiro atoms. The normalized spacial score (nSPS) is 15.6. The zero-order valence-corrected chi connectivity index (χ0v) is 24.2.